The van der Waals surface area contributed by atoms with Crippen molar-refractivity contribution in [1.82, 2.24) is 4.90 Å². The van der Waals surface area contributed by atoms with E-state index < -0.39 is 5.97 Å². The lowest BCUT2D eigenvalue weighted by Gasteiger charge is -2.28. The molecule has 0 spiro atoms. The van der Waals surface area contributed by atoms with Gasteiger partial charge in [0.05, 0.1) is 23.9 Å². The monoisotopic (exact) mass is 406 g/mol. The van der Waals surface area contributed by atoms with E-state index in [2.05, 4.69) is 5.32 Å². The van der Waals surface area contributed by atoms with Crippen molar-refractivity contribution in [2.45, 2.75) is 19.9 Å². The maximum Gasteiger partial charge on any atom is 0.337 e. The maximum atomic E-state index is 12.3. The largest absolute Gasteiger partial charge is 0.478 e. The van der Waals surface area contributed by atoms with Crippen LogP contribution in [0.3, 0.4) is 0 Å². The van der Waals surface area contributed by atoms with E-state index in [4.69, 9.17) is 4.74 Å². The third-order valence-corrected chi connectivity index (χ3v) is 3.67. The number of hydrogen-bond acceptors (Lipinski definition) is 3. The number of anilines is 1. The van der Waals surface area contributed by atoms with Gasteiger partial charge in [0.25, 0.3) is 0 Å². The molecule has 1 atom stereocenters. The van der Waals surface area contributed by atoms with Crippen LogP contribution < -0.4 is 5.32 Å². The van der Waals surface area contributed by atoms with Gasteiger partial charge >= 0.3 is 12.0 Å². The van der Waals surface area contributed by atoms with E-state index in [1.807, 2.05) is 36.4 Å². The molecule has 6 nitrogen and oxygen atoms in total. The number of carbonyl (C=O) groups excluding carboxylic acids is 1. The number of rotatable bonds is 6. The summed E-state index contributed by atoms with van der Waals surface area (Å²) < 4.78 is 5.84. The zero-order chi connectivity index (χ0) is 16.0. The van der Waals surface area contributed by atoms with E-state index >= 15 is 0 Å². The molecule has 2 N–H and O–H groups in total. The van der Waals surface area contributed by atoms with Gasteiger partial charge in [0.15, 0.2) is 0 Å². The number of nitrogens with one attached hydrogen (secondary N) is 1. The molecule has 116 valence electrons. The SMILES string of the molecule is CCN(C(=O)Nc1ccc(I)cc1C(=O)O)C(C)COC. The quantitative estimate of drug-likeness (QED) is 0.713. The minimum Gasteiger partial charge on any atom is -0.478 e. The van der Waals surface area contributed by atoms with Crippen molar-refractivity contribution in [1.29, 1.82) is 0 Å². The van der Waals surface area contributed by atoms with Gasteiger partial charge < -0.3 is 20.1 Å². The Morgan fingerprint density at radius 3 is 2.67 bits per heavy atom. The van der Waals surface area contributed by atoms with Crippen LogP contribution in [0.2, 0.25) is 0 Å². The predicted molar refractivity (Wildman–Crippen MR) is 88.9 cm³/mol. The first-order chi connectivity index (χ1) is 9.90. The second-order valence-electron chi connectivity index (χ2n) is 4.52. The van der Waals surface area contributed by atoms with Crippen LogP contribution in [0.25, 0.3) is 0 Å². The highest BCUT2D eigenvalue weighted by Crippen LogP contribution is 2.19. The summed E-state index contributed by atoms with van der Waals surface area (Å²) in [5, 5.41) is 11.9. The van der Waals surface area contributed by atoms with Crippen molar-refractivity contribution in [2.75, 3.05) is 25.6 Å². The number of carboxylic acids is 1. The van der Waals surface area contributed by atoms with Crippen molar-refractivity contribution in [3.8, 4) is 0 Å². The topological polar surface area (TPSA) is 78.9 Å². The van der Waals surface area contributed by atoms with Gasteiger partial charge in [0.2, 0.25) is 0 Å². The van der Waals surface area contributed by atoms with Gasteiger partial charge in [-0.15, -0.1) is 0 Å². The average Bonchev–Trinajstić information content (AvgIpc) is 2.41. The van der Waals surface area contributed by atoms with Crippen molar-refractivity contribution in [3.05, 3.63) is 27.3 Å². The average molecular weight is 406 g/mol. The molecule has 1 aromatic rings. The van der Waals surface area contributed by atoms with Crippen LogP contribution in [-0.4, -0.2) is 48.3 Å². The Labute approximate surface area is 137 Å². The highest BCUT2D eigenvalue weighted by molar-refractivity contribution is 14.1. The molecule has 0 radical (unpaired) electrons. The van der Waals surface area contributed by atoms with E-state index in [1.54, 1.807) is 24.1 Å². The molecular weight excluding hydrogens is 387 g/mol. The summed E-state index contributed by atoms with van der Waals surface area (Å²) in [4.78, 5) is 25.1. The lowest BCUT2D eigenvalue weighted by molar-refractivity contribution is 0.0698. The molecular formula is C14H19IN2O4. The van der Waals surface area contributed by atoms with Gasteiger partial charge in [-0.3, -0.25) is 0 Å². The molecule has 1 unspecified atom stereocenters. The molecule has 7 heteroatoms. The normalized spacial score (nSPS) is 11.8. The fraction of sp³-hybridized carbons (Fsp3) is 0.429. The van der Waals surface area contributed by atoms with E-state index in [1.165, 1.54) is 6.07 Å². The van der Waals surface area contributed by atoms with Gasteiger partial charge in [0, 0.05) is 17.2 Å². The third-order valence-electron chi connectivity index (χ3n) is 3.00. The number of carboxylic acid groups (broad SMARTS) is 1. The fourth-order valence-corrected chi connectivity index (χ4v) is 2.47. The number of likely N-dealkylation sites (N-methyl/N-ethyl adjacent to an activating group) is 1. The van der Waals surface area contributed by atoms with Crippen LogP contribution in [-0.2, 0) is 4.74 Å². The Morgan fingerprint density at radius 2 is 2.14 bits per heavy atom. The first kappa shape index (κ1) is 17.7. The molecule has 0 heterocycles. The van der Waals surface area contributed by atoms with Crippen LogP contribution in [0.4, 0.5) is 10.5 Å². The molecule has 1 aromatic carbocycles. The minimum atomic E-state index is -1.07. The maximum absolute atomic E-state index is 12.3. The Balaban J connectivity index is 2.94. The fourth-order valence-electron chi connectivity index (χ4n) is 1.98. The highest BCUT2D eigenvalue weighted by Gasteiger charge is 2.20. The number of aromatic carboxylic acids is 1. The molecule has 0 saturated carbocycles. The second-order valence-corrected chi connectivity index (χ2v) is 5.76. The van der Waals surface area contributed by atoms with Crippen LogP contribution in [0.15, 0.2) is 18.2 Å². The Hall–Kier alpha value is -1.35. The summed E-state index contributed by atoms with van der Waals surface area (Å²) in [6, 6.07) is 4.42. The summed E-state index contributed by atoms with van der Waals surface area (Å²) in [7, 11) is 1.57. The molecule has 1 rings (SSSR count). The van der Waals surface area contributed by atoms with Crippen LogP contribution in [0, 0.1) is 3.57 Å². The number of nitrogens with zero attached hydrogens (tertiary/aromatic N) is 1. The zero-order valence-corrected chi connectivity index (χ0v) is 14.4. The Morgan fingerprint density at radius 1 is 1.48 bits per heavy atom. The van der Waals surface area contributed by atoms with Crippen molar-refractivity contribution in [3.63, 3.8) is 0 Å². The van der Waals surface area contributed by atoms with Gasteiger partial charge in [-0.05, 0) is 54.6 Å². The number of carbonyl (C=O) groups is 2. The highest BCUT2D eigenvalue weighted by atomic mass is 127. The molecule has 0 bridgehead atoms. The predicted octanol–water partition coefficient (Wildman–Crippen LogP) is 2.88. The molecule has 0 aliphatic rings. The van der Waals surface area contributed by atoms with Crippen LogP contribution >= 0.6 is 22.6 Å². The number of methoxy groups -OCH3 is 1. The van der Waals surface area contributed by atoms with Gasteiger partial charge in [0.1, 0.15) is 0 Å². The van der Waals surface area contributed by atoms with Crippen molar-refractivity contribution >= 4 is 40.3 Å². The van der Waals surface area contributed by atoms with Crippen molar-refractivity contribution in [2.24, 2.45) is 0 Å². The molecule has 0 saturated heterocycles. The van der Waals surface area contributed by atoms with E-state index in [9.17, 15) is 14.7 Å². The van der Waals surface area contributed by atoms with Crippen molar-refractivity contribution < 1.29 is 19.4 Å². The number of hydrogen-bond donors (Lipinski definition) is 2. The molecule has 0 aliphatic carbocycles. The number of ether oxygens (including phenoxy) is 1. The first-order valence-electron chi connectivity index (χ1n) is 6.50. The number of urea groups is 1. The molecule has 0 aromatic heterocycles. The van der Waals surface area contributed by atoms with Gasteiger partial charge in [-0.2, -0.15) is 0 Å². The Bertz CT molecular complexity index is 522. The summed E-state index contributed by atoms with van der Waals surface area (Å²) in [6.45, 7) is 4.65. The second kappa shape index (κ2) is 8.18. The molecule has 0 fully saturated rings. The van der Waals surface area contributed by atoms with E-state index in [0.717, 1.165) is 3.57 Å². The number of amides is 2. The summed E-state index contributed by atoms with van der Waals surface area (Å²) >= 11 is 2.03. The van der Waals surface area contributed by atoms with E-state index in [-0.39, 0.29) is 23.3 Å². The molecule has 21 heavy (non-hydrogen) atoms. The zero-order valence-electron chi connectivity index (χ0n) is 12.2. The lowest BCUT2D eigenvalue weighted by atomic mass is 10.2. The summed E-state index contributed by atoms with van der Waals surface area (Å²) in [5.41, 5.74) is 0.363. The molecule has 0 aliphatic heterocycles. The summed E-state index contributed by atoms with van der Waals surface area (Å²) in [6.07, 6.45) is 0. The first-order valence-corrected chi connectivity index (χ1v) is 7.58. The molecule has 2 amide bonds. The smallest absolute Gasteiger partial charge is 0.337 e. The van der Waals surface area contributed by atoms with E-state index in [0.29, 0.717) is 13.2 Å². The number of benzene rings is 1. The van der Waals surface area contributed by atoms with Crippen LogP contribution in [0.5, 0.6) is 0 Å². The van der Waals surface area contributed by atoms with Gasteiger partial charge in [-0.1, -0.05) is 0 Å². The minimum absolute atomic E-state index is 0.0747. The number of halogens is 1. The van der Waals surface area contributed by atoms with Gasteiger partial charge in [-0.25, -0.2) is 9.59 Å². The Kier molecular flexibility index (Phi) is 6.90. The standard InChI is InChI=1S/C14H19IN2O4/c1-4-17(9(2)8-21-3)14(20)16-12-6-5-10(15)7-11(12)13(18)19/h5-7,9H,4,8H2,1-3H3,(H,16,20)(H,18,19). The third kappa shape index (κ3) is 4.85. The lowest BCUT2D eigenvalue weighted by Crippen LogP contribution is -2.43. The van der Waals surface area contributed by atoms with Crippen LogP contribution in [0.1, 0.15) is 24.2 Å². The summed E-state index contributed by atoms with van der Waals surface area (Å²) in [5.74, 6) is -1.07.